The Bertz CT molecular complexity index is 1090. The summed E-state index contributed by atoms with van der Waals surface area (Å²) in [4.78, 5) is 15.0. The normalized spacial score (nSPS) is 11.9. The van der Waals surface area contributed by atoms with Crippen molar-refractivity contribution in [3.8, 4) is 11.1 Å². The number of hydrogen-bond donors (Lipinski definition) is 2. The van der Waals surface area contributed by atoms with Crippen LogP contribution in [0, 0.1) is 6.92 Å². The zero-order valence-electron chi connectivity index (χ0n) is 16.8. The van der Waals surface area contributed by atoms with Gasteiger partial charge in [0, 0.05) is 53.3 Å². The fraction of sp³-hybridized carbons (Fsp3) is 0.227. The Morgan fingerprint density at radius 2 is 2.00 bits per heavy atom. The number of allylic oxidation sites excluding steroid dienone is 1. The minimum Gasteiger partial charge on any atom is -0.345 e. The van der Waals surface area contributed by atoms with E-state index in [0.29, 0.717) is 5.56 Å². The molecule has 1 amide bonds. The molecule has 0 saturated carbocycles. The zero-order chi connectivity index (χ0) is 21.1. The van der Waals surface area contributed by atoms with Gasteiger partial charge in [0.2, 0.25) is 0 Å². The van der Waals surface area contributed by atoms with E-state index in [1.54, 1.807) is 25.1 Å². The van der Waals surface area contributed by atoms with Gasteiger partial charge in [0.15, 0.2) is 0 Å². The number of halogens is 1. The lowest BCUT2D eigenvalue weighted by Crippen LogP contribution is -2.21. The van der Waals surface area contributed by atoms with Crippen LogP contribution < -0.4 is 10.9 Å². The van der Waals surface area contributed by atoms with Gasteiger partial charge in [-0.25, -0.2) is 4.39 Å². The molecule has 0 aliphatic rings. The number of rotatable bonds is 6. The van der Waals surface area contributed by atoms with E-state index in [0.717, 1.165) is 32.6 Å². The number of aromatic nitrogens is 1. The molecule has 4 N–H and O–H groups in total. The molecular weight excluding hydrogens is 387 g/mol. The number of nitrogens with zero attached hydrogens (tertiary/aromatic N) is 2. The van der Waals surface area contributed by atoms with Gasteiger partial charge in [0.1, 0.15) is 5.83 Å². The van der Waals surface area contributed by atoms with Gasteiger partial charge in [-0.2, -0.15) is 0 Å². The lowest BCUT2D eigenvalue weighted by atomic mass is 10.0. The Morgan fingerprint density at radius 3 is 2.66 bits per heavy atom. The lowest BCUT2D eigenvalue weighted by molar-refractivity contribution is 0.0828. The van der Waals surface area contributed by atoms with Crippen LogP contribution in [0.3, 0.4) is 0 Å². The van der Waals surface area contributed by atoms with Crippen molar-refractivity contribution in [2.45, 2.75) is 18.4 Å². The van der Waals surface area contributed by atoms with E-state index in [-0.39, 0.29) is 24.8 Å². The first-order valence-corrected chi connectivity index (χ1v) is 10.1. The fourth-order valence-corrected chi connectivity index (χ4v) is 3.86. The molecule has 29 heavy (non-hydrogen) atoms. The summed E-state index contributed by atoms with van der Waals surface area (Å²) in [6.07, 6.45) is 1.38. The maximum Gasteiger partial charge on any atom is 0.253 e. The van der Waals surface area contributed by atoms with Gasteiger partial charge in [-0.3, -0.25) is 9.93 Å². The van der Waals surface area contributed by atoms with E-state index in [1.165, 1.54) is 18.0 Å². The summed E-state index contributed by atoms with van der Waals surface area (Å²) in [5.74, 6) is -0.373. The highest BCUT2D eigenvalue weighted by Gasteiger charge is 2.19. The van der Waals surface area contributed by atoms with E-state index in [1.807, 2.05) is 47.9 Å². The minimum absolute atomic E-state index is 0.0799. The fourth-order valence-electron chi connectivity index (χ4n) is 3.51. The smallest absolute Gasteiger partial charge is 0.253 e. The maximum absolute atomic E-state index is 14.3. The molecule has 2 aromatic carbocycles. The summed E-state index contributed by atoms with van der Waals surface area (Å²) < 4.78 is 16.2. The zero-order valence-corrected chi connectivity index (χ0v) is 17.6. The number of carbonyl (C=O) groups excluding carboxylic acids is 1. The largest absolute Gasteiger partial charge is 0.345 e. The van der Waals surface area contributed by atoms with Gasteiger partial charge < -0.3 is 15.2 Å². The number of hydrogen-bond acceptors (Lipinski definition) is 4. The average Bonchev–Trinajstić information content (AvgIpc) is 2.98. The molecule has 152 valence electrons. The van der Waals surface area contributed by atoms with Crippen molar-refractivity contribution in [3.05, 3.63) is 65.6 Å². The first-order valence-electron chi connectivity index (χ1n) is 9.23. The number of benzene rings is 2. The topological polar surface area (TPSA) is 77.3 Å². The highest BCUT2D eigenvalue weighted by Crippen LogP contribution is 2.37. The molecule has 0 saturated heterocycles. The summed E-state index contributed by atoms with van der Waals surface area (Å²) in [7, 11) is 3.44. The molecule has 7 heteroatoms. The van der Waals surface area contributed by atoms with E-state index < -0.39 is 0 Å². The standard InChI is InChI=1S/C22H25FN4OS/c1-14-21(15-5-4-6-18(11-15)29-25)19-12-16(22(28)26(2)3)7-8-20(19)27(14)13-17(23)9-10-24/h4-9,11-12H,10,13,24-25H2,1-3H3/b17-9-. The SMILES string of the molecule is Cc1c(-c2cccc(SN)c2)c2cc(C(=O)N(C)C)ccc2n1C/C(F)=C/CN. The van der Waals surface area contributed by atoms with Crippen LogP contribution >= 0.6 is 11.9 Å². The molecule has 0 atom stereocenters. The highest BCUT2D eigenvalue weighted by atomic mass is 32.2. The van der Waals surface area contributed by atoms with Crippen LogP contribution in [-0.4, -0.2) is 36.0 Å². The van der Waals surface area contributed by atoms with Crippen molar-refractivity contribution in [1.29, 1.82) is 0 Å². The highest BCUT2D eigenvalue weighted by molar-refractivity contribution is 7.97. The van der Waals surface area contributed by atoms with Crippen LogP contribution in [0.4, 0.5) is 4.39 Å². The van der Waals surface area contributed by atoms with E-state index >= 15 is 0 Å². The van der Waals surface area contributed by atoms with Crippen LogP contribution in [0.15, 0.2) is 59.3 Å². The van der Waals surface area contributed by atoms with Gasteiger partial charge in [-0.15, -0.1) is 0 Å². The van der Waals surface area contributed by atoms with Crippen LogP contribution in [-0.2, 0) is 6.54 Å². The van der Waals surface area contributed by atoms with Crippen molar-refractivity contribution in [2.75, 3.05) is 20.6 Å². The van der Waals surface area contributed by atoms with Crippen LogP contribution in [0.5, 0.6) is 0 Å². The second-order valence-corrected chi connectivity index (χ2v) is 7.72. The van der Waals surface area contributed by atoms with Crippen molar-refractivity contribution in [2.24, 2.45) is 10.9 Å². The molecule has 1 aromatic heterocycles. The van der Waals surface area contributed by atoms with Crippen LogP contribution in [0.2, 0.25) is 0 Å². The molecule has 0 aliphatic heterocycles. The third kappa shape index (κ3) is 4.22. The van der Waals surface area contributed by atoms with E-state index in [2.05, 4.69) is 0 Å². The van der Waals surface area contributed by atoms with E-state index in [9.17, 15) is 9.18 Å². The van der Waals surface area contributed by atoms with Gasteiger partial charge in [-0.05, 0) is 60.8 Å². The Morgan fingerprint density at radius 1 is 1.24 bits per heavy atom. The average molecular weight is 413 g/mol. The third-order valence-electron chi connectivity index (χ3n) is 4.88. The van der Waals surface area contributed by atoms with Crippen molar-refractivity contribution in [1.82, 2.24) is 9.47 Å². The van der Waals surface area contributed by atoms with Crippen LogP contribution in [0.1, 0.15) is 16.1 Å². The molecule has 0 fully saturated rings. The monoisotopic (exact) mass is 412 g/mol. The Balaban J connectivity index is 2.28. The van der Waals surface area contributed by atoms with Crippen LogP contribution in [0.25, 0.3) is 22.0 Å². The molecule has 5 nitrogen and oxygen atoms in total. The van der Waals surface area contributed by atoms with Crippen molar-refractivity contribution >= 4 is 28.8 Å². The summed E-state index contributed by atoms with van der Waals surface area (Å²) >= 11 is 1.17. The molecular formula is C22H25FN4OS. The van der Waals surface area contributed by atoms with Gasteiger partial charge in [0.25, 0.3) is 5.91 Å². The summed E-state index contributed by atoms with van der Waals surface area (Å²) in [6.45, 7) is 2.20. The molecule has 0 spiro atoms. The number of fused-ring (bicyclic) bond motifs is 1. The number of amides is 1. The quantitative estimate of drug-likeness (QED) is 0.598. The maximum atomic E-state index is 14.3. The van der Waals surface area contributed by atoms with Crippen molar-refractivity contribution in [3.63, 3.8) is 0 Å². The Labute approximate surface area is 174 Å². The first kappa shape index (κ1) is 21.1. The number of carbonyl (C=O) groups is 1. The Kier molecular flexibility index (Phi) is 6.42. The third-order valence-corrected chi connectivity index (χ3v) is 5.41. The van der Waals surface area contributed by atoms with Gasteiger partial charge in [-0.1, -0.05) is 12.1 Å². The van der Waals surface area contributed by atoms with Gasteiger partial charge in [0.05, 0.1) is 6.54 Å². The molecule has 0 unspecified atom stereocenters. The molecule has 3 rings (SSSR count). The summed E-state index contributed by atoms with van der Waals surface area (Å²) in [5, 5.41) is 6.64. The predicted octanol–water partition coefficient (Wildman–Crippen LogP) is 4.10. The predicted molar refractivity (Wildman–Crippen MR) is 118 cm³/mol. The second kappa shape index (κ2) is 8.82. The van der Waals surface area contributed by atoms with E-state index in [4.69, 9.17) is 10.9 Å². The van der Waals surface area contributed by atoms with Gasteiger partial charge >= 0.3 is 0 Å². The molecule has 1 heterocycles. The summed E-state index contributed by atoms with van der Waals surface area (Å²) in [6, 6.07) is 13.4. The first-order chi connectivity index (χ1) is 13.9. The van der Waals surface area contributed by atoms with Crippen molar-refractivity contribution < 1.29 is 9.18 Å². The molecule has 3 aromatic rings. The summed E-state index contributed by atoms with van der Waals surface area (Å²) in [5.41, 5.74) is 9.75. The Hall–Kier alpha value is -2.61. The minimum atomic E-state index is -0.293. The molecule has 0 bridgehead atoms. The molecule has 0 aliphatic carbocycles. The number of nitrogens with two attached hydrogens (primary N) is 2. The lowest BCUT2D eigenvalue weighted by Gasteiger charge is -2.11. The second-order valence-electron chi connectivity index (χ2n) is 7.01. The molecule has 0 radical (unpaired) electrons.